The minimum Gasteiger partial charge on any atom is -0.494 e. The van der Waals surface area contributed by atoms with E-state index >= 15 is 0 Å². The maximum atomic E-state index is 13.5. The number of amides is 1. The Balaban J connectivity index is 1.40. The Morgan fingerprint density at radius 1 is 0.771 bits per heavy atom. The number of hydrogen-bond acceptors (Lipinski definition) is 7. The van der Waals surface area contributed by atoms with Gasteiger partial charge in [-0.05, 0) is 47.2 Å². The summed E-state index contributed by atoms with van der Waals surface area (Å²) < 4.78 is 31.9. The Labute approximate surface area is 284 Å². The summed E-state index contributed by atoms with van der Waals surface area (Å²) >= 11 is 0. The zero-order valence-corrected chi connectivity index (χ0v) is 29.3. The fraction of sp³-hybridized carbons (Fsp3) is 0.368. The van der Waals surface area contributed by atoms with Crippen molar-refractivity contribution in [3.63, 3.8) is 0 Å². The molecule has 3 aromatic carbocycles. The van der Waals surface area contributed by atoms with E-state index < -0.39 is 27.8 Å². The molecule has 0 saturated carbocycles. The molecule has 1 atom stereocenters. The van der Waals surface area contributed by atoms with Crippen molar-refractivity contribution in [2.24, 2.45) is 0 Å². The average Bonchev–Trinajstić information content (AvgIpc) is 3.07. The largest absolute Gasteiger partial charge is 0.494 e. The highest BCUT2D eigenvalue weighted by molar-refractivity contribution is 7.88. The summed E-state index contributed by atoms with van der Waals surface area (Å²) in [7, 11) is -3.61. The van der Waals surface area contributed by atoms with Crippen LogP contribution in [0.25, 0.3) is 22.5 Å². The average molecular weight is 671 g/mol. The quantitative estimate of drug-likeness (QED) is 0.0972. The van der Waals surface area contributed by atoms with Crippen molar-refractivity contribution in [3.05, 3.63) is 102 Å². The Morgan fingerprint density at radius 2 is 1.35 bits per heavy atom. The number of nitrogens with one attached hydrogen (secondary N) is 2. The van der Waals surface area contributed by atoms with E-state index in [-0.39, 0.29) is 12.0 Å². The second-order valence-corrected chi connectivity index (χ2v) is 14.8. The van der Waals surface area contributed by atoms with Crippen molar-refractivity contribution < 1.29 is 22.7 Å². The molecule has 48 heavy (non-hydrogen) atoms. The maximum Gasteiger partial charge on any atom is 0.251 e. The Morgan fingerprint density at radius 3 is 1.94 bits per heavy atom. The van der Waals surface area contributed by atoms with Crippen LogP contribution >= 0.6 is 0 Å². The fourth-order valence-corrected chi connectivity index (χ4v) is 5.53. The van der Waals surface area contributed by atoms with E-state index in [2.05, 4.69) is 47.7 Å². The van der Waals surface area contributed by atoms with Crippen LogP contribution in [0.3, 0.4) is 0 Å². The molecule has 254 valence electrons. The third-order valence-electron chi connectivity index (χ3n) is 7.97. The van der Waals surface area contributed by atoms with Crippen LogP contribution in [0.1, 0.15) is 86.1 Å². The first-order valence-corrected chi connectivity index (χ1v) is 18.3. The molecule has 1 heterocycles. The minimum atomic E-state index is -3.61. The van der Waals surface area contributed by atoms with Crippen LogP contribution in [0.5, 0.6) is 5.75 Å². The summed E-state index contributed by atoms with van der Waals surface area (Å²) in [6.45, 7) is 8.86. The number of benzene rings is 3. The predicted octanol–water partition coefficient (Wildman–Crippen LogP) is 6.99. The van der Waals surface area contributed by atoms with E-state index in [1.165, 1.54) is 25.7 Å². The minimum absolute atomic E-state index is 0.0825. The van der Waals surface area contributed by atoms with Crippen LogP contribution < -0.4 is 14.8 Å². The van der Waals surface area contributed by atoms with Gasteiger partial charge in [-0.3, -0.25) is 9.59 Å². The molecule has 0 unspecified atom stereocenters. The van der Waals surface area contributed by atoms with Gasteiger partial charge in [-0.2, -0.15) is 0 Å². The number of hydrogen-bond donors (Lipinski definition) is 2. The van der Waals surface area contributed by atoms with Crippen molar-refractivity contribution in [3.8, 4) is 28.3 Å². The van der Waals surface area contributed by atoms with Gasteiger partial charge < -0.3 is 10.1 Å². The molecule has 4 rings (SSSR count). The van der Waals surface area contributed by atoms with Crippen molar-refractivity contribution >= 4 is 21.7 Å². The van der Waals surface area contributed by atoms with E-state index in [4.69, 9.17) is 4.74 Å². The summed E-state index contributed by atoms with van der Waals surface area (Å²) in [6.07, 6.45) is 10.5. The molecular weight excluding hydrogens is 625 g/mol. The molecule has 0 aliphatic heterocycles. The normalized spacial score (nSPS) is 12.4. The third kappa shape index (κ3) is 10.8. The van der Waals surface area contributed by atoms with E-state index in [0.29, 0.717) is 29.1 Å². The first-order chi connectivity index (χ1) is 22.8. The van der Waals surface area contributed by atoms with Crippen LogP contribution in [-0.2, 0) is 15.4 Å². The molecule has 0 fully saturated rings. The summed E-state index contributed by atoms with van der Waals surface area (Å²) in [4.78, 5) is 35.7. The lowest BCUT2D eigenvalue weighted by molar-refractivity contribution is 0.0859. The number of ether oxygens (including phenoxy) is 1. The van der Waals surface area contributed by atoms with Gasteiger partial charge >= 0.3 is 0 Å². The molecule has 10 heteroatoms. The molecule has 1 aromatic heterocycles. The van der Waals surface area contributed by atoms with Crippen molar-refractivity contribution in [1.29, 1.82) is 0 Å². The van der Waals surface area contributed by atoms with Crippen LogP contribution in [0.15, 0.2) is 85.2 Å². The summed E-state index contributed by atoms with van der Waals surface area (Å²) in [5, 5.41) is 2.70. The molecule has 0 aliphatic rings. The molecule has 1 amide bonds. The number of carbonyl (C=O) groups excluding carboxylic acids is 2. The van der Waals surface area contributed by atoms with Crippen molar-refractivity contribution in [1.82, 2.24) is 20.0 Å². The maximum absolute atomic E-state index is 13.5. The summed E-state index contributed by atoms with van der Waals surface area (Å²) in [6, 6.07) is 20.6. The monoisotopic (exact) mass is 670 g/mol. The number of carbonyl (C=O) groups is 2. The van der Waals surface area contributed by atoms with E-state index in [1.54, 1.807) is 48.8 Å². The zero-order chi connectivity index (χ0) is 34.7. The highest BCUT2D eigenvalue weighted by Gasteiger charge is 2.24. The summed E-state index contributed by atoms with van der Waals surface area (Å²) in [5.74, 6) is 0.417. The van der Waals surface area contributed by atoms with Gasteiger partial charge in [0.25, 0.3) is 5.91 Å². The first kappa shape index (κ1) is 36.4. The van der Waals surface area contributed by atoms with Gasteiger partial charge in [0.05, 0.1) is 12.9 Å². The number of unbranched alkanes of at least 4 members (excludes halogenated alkanes) is 4. The number of rotatable bonds is 16. The number of nitrogens with zero attached hydrogens (tertiary/aromatic N) is 2. The number of sulfonamides is 1. The van der Waals surface area contributed by atoms with Gasteiger partial charge in [-0.15, -0.1) is 0 Å². The third-order valence-corrected chi connectivity index (χ3v) is 8.66. The molecule has 4 aromatic rings. The molecule has 0 saturated heterocycles. The smallest absolute Gasteiger partial charge is 0.251 e. The van der Waals surface area contributed by atoms with E-state index in [0.717, 1.165) is 35.1 Å². The summed E-state index contributed by atoms with van der Waals surface area (Å²) in [5.41, 5.74) is 4.19. The predicted molar refractivity (Wildman–Crippen MR) is 191 cm³/mol. The van der Waals surface area contributed by atoms with Gasteiger partial charge in [0, 0.05) is 41.2 Å². The molecule has 0 spiro atoms. The van der Waals surface area contributed by atoms with Crippen LogP contribution in [-0.4, -0.2) is 55.5 Å². The molecule has 2 N–H and O–H groups in total. The highest BCUT2D eigenvalue weighted by Crippen LogP contribution is 2.24. The standard InChI is InChI=1S/C38H46N4O5S/c1-6-7-8-9-10-23-47-33-21-17-27(18-22-33)31-24-39-36(40-25-31)29-13-11-28(12-14-29)35(43)34(26-41-48(5,45)46)42-37(44)30-15-19-32(20-16-30)38(2,3)4/h11-22,24-25,34,41H,6-10,23,26H2,1-5H3,(H,42,44)/t34-/m0/s1. The molecular formula is C38H46N4O5S. The first-order valence-electron chi connectivity index (χ1n) is 16.4. The fourth-order valence-electron chi connectivity index (χ4n) is 5.06. The highest BCUT2D eigenvalue weighted by atomic mass is 32.2. The molecule has 0 radical (unpaired) electrons. The van der Waals surface area contributed by atoms with Crippen LogP contribution in [0.2, 0.25) is 0 Å². The lowest BCUT2D eigenvalue weighted by Gasteiger charge is -2.20. The Kier molecular flexibility index (Phi) is 12.6. The lowest BCUT2D eigenvalue weighted by atomic mass is 9.86. The molecule has 0 aliphatic carbocycles. The topological polar surface area (TPSA) is 127 Å². The molecule has 0 bridgehead atoms. The second-order valence-electron chi connectivity index (χ2n) is 13.0. The van der Waals surface area contributed by atoms with Gasteiger partial charge in [0.1, 0.15) is 11.8 Å². The van der Waals surface area contributed by atoms with E-state index in [9.17, 15) is 18.0 Å². The SMILES string of the molecule is CCCCCCCOc1ccc(-c2cnc(-c3ccc(C(=O)[C@H](CNS(C)(=O)=O)NC(=O)c4ccc(C(C)(C)C)cc4)cc3)nc2)cc1. The Hall–Kier alpha value is -4.41. The van der Waals surface area contributed by atoms with Crippen molar-refractivity contribution in [2.45, 2.75) is 71.3 Å². The number of Topliss-reactive ketones (excluding diaryl/α,β-unsaturated/α-hetero) is 1. The van der Waals surface area contributed by atoms with Crippen LogP contribution in [0.4, 0.5) is 0 Å². The number of aromatic nitrogens is 2. The zero-order valence-electron chi connectivity index (χ0n) is 28.5. The van der Waals surface area contributed by atoms with E-state index in [1.807, 2.05) is 36.4 Å². The van der Waals surface area contributed by atoms with Gasteiger partial charge in [0.15, 0.2) is 11.6 Å². The van der Waals surface area contributed by atoms with Crippen molar-refractivity contribution in [2.75, 3.05) is 19.4 Å². The lowest BCUT2D eigenvalue weighted by Crippen LogP contribution is -2.48. The van der Waals surface area contributed by atoms with Crippen LogP contribution in [0, 0.1) is 0 Å². The number of ketones is 1. The van der Waals surface area contributed by atoms with Gasteiger partial charge in [-0.1, -0.05) is 102 Å². The Bertz CT molecular complexity index is 1750. The molecule has 9 nitrogen and oxygen atoms in total. The van der Waals surface area contributed by atoms with Gasteiger partial charge in [-0.25, -0.2) is 23.1 Å². The van der Waals surface area contributed by atoms with Gasteiger partial charge in [0.2, 0.25) is 10.0 Å². The second kappa shape index (κ2) is 16.6.